The van der Waals surface area contributed by atoms with Crippen LogP contribution in [-0.2, 0) is 11.4 Å². The third-order valence-electron chi connectivity index (χ3n) is 4.33. The van der Waals surface area contributed by atoms with Gasteiger partial charge < -0.3 is 14.8 Å². The van der Waals surface area contributed by atoms with Crippen LogP contribution in [0.3, 0.4) is 0 Å². The number of carbonyl (C=O) groups is 1. The van der Waals surface area contributed by atoms with E-state index in [1.54, 1.807) is 24.3 Å². The van der Waals surface area contributed by atoms with Crippen molar-refractivity contribution < 1.29 is 18.7 Å². The Hall–Kier alpha value is -3.34. The summed E-state index contributed by atoms with van der Waals surface area (Å²) in [6.45, 7) is 0.296. The minimum Gasteiger partial charge on any atom is -0.493 e. The molecule has 0 saturated carbocycles. The Morgan fingerprint density at radius 2 is 1.88 bits per heavy atom. The number of halogens is 3. The van der Waals surface area contributed by atoms with Gasteiger partial charge in [-0.05, 0) is 81.7 Å². The van der Waals surface area contributed by atoms with E-state index in [0.717, 1.165) is 5.56 Å². The molecule has 1 N–H and O–H groups in total. The van der Waals surface area contributed by atoms with Crippen LogP contribution < -0.4 is 14.8 Å². The fraction of sp³-hybridized carbons (Fsp3) is 0.0833. The topological polar surface area (TPSA) is 71.3 Å². The lowest BCUT2D eigenvalue weighted by atomic mass is 10.1. The first-order valence-corrected chi connectivity index (χ1v) is 10.5. The van der Waals surface area contributed by atoms with Crippen LogP contribution in [0.25, 0.3) is 6.08 Å². The molecule has 0 radical (unpaired) electrons. The summed E-state index contributed by atoms with van der Waals surface area (Å²) in [5.74, 6) is -0.128. The quantitative estimate of drug-likeness (QED) is 0.293. The highest BCUT2D eigenvalue weighted by Gasteiger charge is 2.14. The first-order chi connectivity index (χ1) is 15.4. The zero-order valence-electron chi connectivity index (χ0n) is 16.9. The lowest BCUT2D eigenvalue weighted by molar-refractivity contribution is -0.112. The summed E-state index contributed by atoms with van der Waals surface area (Å²) in [6.07, 6.45) is 1.43. The Bertz CT molecular complexity index is 1190. The molecule has 1 amide bonds. The molecule has 0 aliphatic carbocycles. The van der Waals surface area contributed by atoms with Crippen LogP contribution in [0.1, 0.15) is 11.1 Å². The SMILES string of the molecule is COc1cc(/C=C(/C#N)C(=O)Nc2ccc(F)cc2)cc(Br)c1OCc1ccc(Cl)cc1. The Labute approximate surface area is 198 Å². The summed E-state index contributed by atoms with van der Waals surface area (Å²) in [5.41, 5.74) is 1.73. The number of nitrogens with one attached hydrogen (secondary N) is 1. The molecule has 0 fully saturated rings. The van der Waals surface area contributed by atoms with Crippen molar-refractivity contribution in [2.75, 3.05) is 12.4 Å². The molecule has 0 spiro atoms. The van der Waals surface area contributed by atoms with Crippen molar-refractivity contribution in [2.24, 2.45) is 0 Å². The maximum Gasteiger partial charge on any atom is 0.266 e. The summed E-state index contributed by atoms with van der Waals surface area (Å²) in [5, 5.41) is 12.6. The molecule has 5 nitrogen and oxygen atoms in total. The van der Waals surface area contributed by atoms with Gasteiger partial charge in [-0.15, -0.1) is 0 Å². The lowest BCUT2D eigenvalue weighted by Gasteiger charge is -2.14. The van der Waals surface area contributed by atoms with E-state index in [9.17, 15) is 14.4 Å². The van der Waals surface area contributed by atoms with E-state index >= 15 is 0 Å². The van der Waals surface area contributed by atoms with Gasteiger partial charge in [0.2, 0.25) is 0 Å². The molecule has 0 unspecified atom stereocenters. The largest absolute Gasteiger partial charge is 0.493 e. The Balaban J connectivity index is 1.80. The van der Waals surface area contributed by atoms with Crippen LogP contribution in [0.5, 0.6) is 11.5 Å². The maximum absolute atomic E-state index is 13.0. The summed E-state index contributed by atoms with van der Waals surface area (Å²) in [6, 6.07) is 17.8. The third-order valence-corrected chi connectivity index (χ3v) is 5.17. The number of amides is 1. The van der Waals surface area contributed by atoms with Gasteiger partial charge in [-0.3, -0.25) is 4.79 Å². The van der Waals surface area contributed by atoms with Gasteiger partial charge in [-0.25, -0.2) is 4.39 Å². The Morgan fingerprint density at radius 1 is 1.19 bits per heavy atom. The molecule has 0 bridgehead atoms. The molecule has 162 valence electrons. The first-order valence-electron chi connectivity index (χ1n) is 9.33. The van der Waals surface area contributed by atoms with Crippen LogP contribution in [-0.4, -0.2) is 13.0 Å². The summed E-state index contributed by atoms with van der Waals surface area (Å²) >= 11 is 9.37. The smallest absolute Gasteiger partial charge is 0.266 e. The van der Waals surface area contributed by atoms with Crippen molar-refractivity contribution >= 4 is 45.2 Å². The summed E-state index contributed by atoms with van der Waals surface area (Å²) in [4.78, 5) is 12.4. The molecule has 0 atom stereocenters. The van der Waals surface area contributed by atoms with Gasteiger partial charge in [0.1, 0.15) is 24.1 Å². The second kappa shape index (κ2) is 10.8. The van der Waals surface area contributed by atoms with Crippen molar-refractivity contribution in [3.63, 3.8) is 0 Å². The van der Waals surface area contributed by atoms with Crippen LogP contribution in [0.4, 0.5) is 10.1 Å². The van der Waals surface area contributed by atoms with Gasteiger partial charge in [-0.1, -0.05) is 23.7 Å². The van der Waals surface area contributed by atoms with Crippen molar-refractivity contribution in [3.05, 3.63) is 92.7 Å². The molecule has 0 aliphatic rings. The zero-order chi connectivity index (χ0) is 23.1. The number of hydrogen-bond acceptors (Lipinski definition) is 4. The van der Waals surface area contributed by atoms with E-state index in [1.807, 2.05) is 18.2 Å². The number of carbonyl (C=O) groups excluding carboxylic acids is 1. The Morgan fingerprint density at radius 3 is 2.50 bits per heavy atom. The molecule has 0 aromatic heterocycles. The summed E-state index contributed by atoms with van der Waals surface area (Å²) < 4.78 is 25.0. The van der Waals surface area contributed by atoms with E-state index < -0.39 is 11.7 Å². The number of methoxy groups -OCH3 is 1. The lowest BCUT2D eigenvalue weighted by Crippen LogP contribution is -2.13. The van der Waals surface area contributed by atoms with Crippen LogP contribution in [0, 0.1) is 17.1 Å². The standard InChI is InChI=1S/C24H17BrClFN2O3/c1-31-22-12-16(10-17(13-28)24(30)29-20-8-6-19(27)7-9-20)11-21(25)23(22)32-14-15-2-4-18(26)5-3-15/h2-12H,14H2,1H3,(H,29,30)/b17-10-. The fourth-order valence-corrected chi connectivity index (χ4v) is 3.45. The van der Waals surface area contributed by atoms with E-state index in [-0.39, 0.29) is 5.57 Å². The van der Waals surface area contributed by atoms with Crippen LogP contribution in [0.15, 0.2) is 70.7 Å². The molecule has 3 aromatic carbocycles. The van der Waals surface area contributed by atoms with Gasteiger partial charge in [0.15, 0.2) is 11.5 Å². The summed E-state index contributed by atoms with van der Waals surface area (Å²) in [7, 11) is 1.50. The number of nitrogens with zero attached hydrogens (tertiary/aromatic N) is 1. The molecular weight excluding hydrogens is 499 g/mol. The zero-order valence-corrected chi connectivity index (χ0v) is 19.2. The second-order valence-corrected chi connectivity index (χ2v) is 7.87. The van der Waals surface area contributed by atoms with Crippen molar-refractivity contribution in [1.29, 1.82) is 5.26 Å². The predicted octanol–water partition coefficient (Wildman–Crippen LogP) is 6.37. The minimum atomic E-state index is -0.614. The van der Waals surface area contributed by atoms with Crippen molar-refractivity contribution in [1.82, 2.24) is 0 Å². The number of anilines is 1. The molecule has 3 rings (SSSR count). The molecule has 8 heteroatoms. The van der Waals surface area contributed by atoms with Crippen molar-refractivity contribution in [2.45, 2.75) is 6.61 Å². The van der Waals surface area contributed by atoms with Gasteiger partial charge >= 0.3 is 0 Å². The van der Waals surface area contributed by atoms with E-state index in [0.29, 0.717) is 38.9 Å². The van der Waals surface area contributed by atoms with Gasteiger partial charge in [-0.2, -0.15) is 5.26 Å². The van der Waals surface area contributed by atoms with E-state index in [2.05, 4.69) is 21.2 Å². The number of rotatable bonds is 7. The Kier molecular flexibility index (Phi) is 7.87. The molecule has 0 heterocycles. The fourth-order valence-electron chi connectivity index (χ4n) is 2.75. The normalized spacial score (nSPS) is 10.9. The third kappa shape index (κ3) is 6.10. The second-order valence-electron chi connectivity index (χ2n) is 6.58. The number of benzene rings is 3. The van der Waals surface area contributed by atoms with Crippen molar-refractivity contribution in [3.8, 4) is 17.6 Å². The molecule has 0 aliphatic heterocycles. The first kappa shape index (κ1) is 23.3. The molecule has 3 aromatic rings. The molecule has 0 saturated heterocycles. The predicted molar refractivity (Wildman–Crippen MR) is 125 cm³/mol. The van der Waals surface area contributed by atoms with Crippen LogP contribution >= 0.6 is 27.5 Å². The van der Waals surface area contributed by atoms with E-state index in [1.165, 1.54) is 37.5 Å². The van der Waals surface area contributed by atoms with Crippen LogP contribution in [0.2, 0.25) is 5.02 Å². The number of nitriles is 1. The number of hydrogen-bond donors (Lipinski definition) is 1. The highest BCUT2D eigenvalue weighted by atomic mass is 79.9. The number of ether oxygens (including phenoxy) is 2. The van der Waals surface area contributed by atoms with Gasteiger partial charge in [0, 0.05) is 10.7 Å². The highest BCUT2D eigenvalue weighted by molar-refractivity contribution is 9.10. The maximum atomic E-state index is 13.0. The molecule has 32 heavy (non-hydrogen) atoms. The minimum absolute atomic E-state index is 0.127. The molecular formula is C24H17BrClFN2O3. The van der Waals surface area contributed by atoms with Gasteiger partial charge in [0.05, 0.1) is 11.6 Å². The average molecular weight is 516 g/mol. The van der Waals surface area contributed by atoms with Gasteiger partial charge in [0.25, 0.3) is 5.91 Å². The highest BCUT2D eigenvalue weighted by Crippen LogP contribution is 2.38. The monoisotopic (exact) mass is 514 g/mol. The van der Waals surface area contributed by atoms with E-state index in [4.69, 9.17) is 21.1 Å². The average Bonchev–Trinajstić information content (AvgIpc) is 2.79.